The number of piperidine rings is 1. The molecule has 1 aliphatic heterocycles. The Morgan fingerprint density at radius 1 is 1.11 bits per heavy atom. The van der Waals surface area contributed by atoms with E-state index in [2.05, 4.69) is 33.0 Å². The summed E-state index contributed by atoms with van der Waals surface area (Å²) in [5.74, 6) is 1.30. The van der Waals surface area contributed by atoms with Crippen LogP contribution in [0.3, 0.4) is 0 Å². The fraction of sp³-hybridized carbons (Fsp3) is 0.800. The Kier molecular flexibility index (Phi) is 4.27. The zero-order valence-electron chi connectivity index (χ0n) is 11.8. The van der Waals surface area contributed by atoms with Crippen molar-refractivity contribution >= 4 is 15.9 Å². The maximum Gasteiger partial charge on any atom is 0.0800 e. The number of aromatic nitrogens is 2. The molecular formula is C15H24BrN3. The third kappa shape index (κ3) is 2.75. The highest BCUT2D eigenvalue weighted by Crippen LogP contribution is 2.39. The molecule has 19 heavy (non-hydrogen) atoms. The highest BCUT2D eigenvalue weighted by Gasteiger charge is 2.28. The van der Waals surface area contributed by atoms with E-state index in [1.54, 1.807) is 0 Å². The van der Waals surface area contributed by atoms with E-state index < -0.39 is 0 Å². The van der Waals surface area contributed by atoms with Crippen LogP contribution in [-0.2, 0) is 7.05 Å². The Morgan fingerprint density at radius 2 is 1.84 bits per heavy atom. The highest BCUT2D eigenvalue weighted by molar-refractivity contribution is 9.10. The first-order chi connectivity index (χ1) is 9.27. The molecule has 2 heterocycles. The Balaban J connectivity index is 1.86. The van der Waals surface area contributed by atoms with Gasteiger partial charge in [-0.1, -0.05) is 19.3 Å². The minimum atomic E-state index is 0.623. The Hall–Kier alpha value is -0.350. The zero-order valence-corrected chi connectivity index (χ0v) is 13.4. The van der Waals surface area contributed by atoms with Gasteiger partial charge in [-0.05, 0) is 48.2 Å². The molecule has 1 saturated carbocycles. The molecule has 0 aromatic carbocycles. The van der Waals surface area contributed by atoms with E-state index in [-0.39, 0.29) is 0 Å². The predicted molar refractivity (Wildman–Crippen MR) is 81.6 cm³/mol. The second-order valence-corrected chi connectivity index (χ2v) is 6.88. The van der Waals surface area contributed by atoms with E-state index in [9.17, 15) is 0 Å². The molecule has 1 N–H and O–H groups in total. The molecule has 1 aromatic heterocycles. The predicted octanol–water partition coefficient (Wildman–Crippen LogP) is 3.70. The van der Waals surface area contributed by atoms with Gasteiger partial charge in [-0.15, -0.1) is 0 Å². The van der Waals surface area contributed by atoms with Gasteiger partial charge in [0.15, 0.2) is 0 Å². The summed E-state index contributed by atoms with van der Waals surface area (Å²) in [5.41, 5.74) is 2.73. The average molecular weight is 326 g/mol. The van der Waals surface area contributed by atoms with Gasteiger partial charge < -0.3 is 5.32 Å². The van der Waals surface area contributed by atoms with Crippen LogP contribution in [0, 0.1) is 0 Å². The summed E-state index contributed by atoms with van der Waals surface area (Å²) in [4.78, 5) is 0. The van der Waals surface area contributed by atoms with Gasteiger partial charge in [0.05, 0.1) is 15.9 Å². The SMILES string of the molecule is Cn1nc(C2CCCCC2)c(Br)c1C1CCCNC1. The van der Waals surface area contributed by atoms with Crippen LogP contribution in [0.4, 0.5) is 0 Å². The minimum absolute atomic E-state index is 0.623. The van der Waals surface area contributed by atoms with Gasteiger partial charge in [0, 0.05) is 25.4 Å². The van der Waals surface area contributed by atoms with Crippen LogP contribution < -0.4 is 5.32 Å². The second-order valence-electron chi connectivity index (χ2n) is 6.09. The molecule has 1 unspecified atom stereocenters. The van der Waals surface area contributed by atoms with Crippen molar-refractivity contribution in [3.63, 3.8) is 0 Å². The van der Waals surface area contributed by atoms with Gasteiger partial charge in [-0.2, -0.15) is 5.10 Å². The Bertz CT molecular complexity index is 429. The molecule has 0 amide bonds. The zero-order chi connectivity index (χ0) is 13.2. The average Bonchev–Trinajstić information content (AvgIpc) is 2.76. The van der Waals surface area contributed by atoms with Crippen molar-refractivity contribution in [2.75, 3.05) is 13.1 Å². The molecule has 4 heteroatoms. The first-order valence-electron chi connectivity index (χ1n) is 7.70. The van der Waals surface area contributed by atoms with E-state index in [4.69, 9.17) is 5.10 Å². The molecule has 1 saturated heterocycles. The van der Waals surface area contributed by atoms with Crippen LogP contribution in [0.5, 0.6) is 0 Å². The van der Waals surface area contributed by atoms with Gasteiger partial charge in [-0.3, -0.25) is 4.68 Å². The molecule has 0 radical (unpaired) electrons. The molecule has 106 valence electrons. The van der Waals surface area contributed by atoms with E-state index in [0.717, 1.165) is 6.54 Å². The maximum atomic E-state index is 4.85. The fourth-order valence-electron chi connectivity index (χ4n) is 3.70. The van der Waals surface area contributed by atoms with E-state index in [1.807, 2.05) is 0 Å². The topological polar surface area (TPSA) is 29.9 Å². The van der Waals surface area contributed by atoms with Crippen molar-refractivity contribution in [3.05, 3.63) is 15.9 Å². The summed E-state index contributed by atoms with van der Waals surface area (Å²) in [6, 6.07) is 0. The summed E-state index contributed by atoms with van der Waals surface area (Å²) >= 11 is 3.86. The van der Waals surface area contributed by atoms with E-state index in [0.29, 0.717) is 11.8 Å². The lowest BCUT2D eigenvalue weighted by Crippen LogP contribution is -2.29. The number of hydrogen-bond acceptors (Lipinski definition) is 2. The Morgan fingerprint density at radius 3 is 2.53 bits per heavy atom. The van der Waals surface area contributed by atoms with Crippen LogP contribution in [0.1, 0.15) is 68.2 Å². The van der Waals surface area contributed by atoms with E-state index in [1.165, 1.54) is 67.4 Å². The van der Waals surface area contributed by atoms with Gasteiger partial charge in [-0.25, -0.2) is 0 Å². The minimum Gasteiger partial charge on any atom is -0.316 e. The van der Waals surface area contributed by atoms with Crippen molar-refractivity contribution in [2.24, 2.45) is 7.05 Å². The number of nitrogens with one attached hydrogen (secondary N) is 1. The standard InChI is InChI=1S/C15H24BrN3/c1-19-15(12-8-5-9-17-10-12)13(16)14(18-19)11-6-3-2-4-7-11/h11-12,17H,2-10H2,1H3. The number of halogens is 1. The van der Waals surface area contributed by atoms with Crippen molar-refractivity contribution < 1.29 is 0 Å². The molecule has 3 rings (SSSR count). The molecule has 3 nitrogen and oxygen atoms in total. The molecule has 2 fully saturated rings. The Labute approximate surface area is 124 Å². The summed E-state index contributed by atoms with van der Waals surface area (Å²) in [6.07, 6.45) is 9.34. The largest absolute Gasteiger partial charge is 0.316 e. The van der Waals surface area contributed by atoms with Crippen molar-refractivity contribution in [1.82, 2.24) is 15.1 Å². The quantitative estimate of drug-likeness (QED) is 0.898. The first kappa shape index (κ1) is 13.6. The van der Waals surface area contributed by atoms with Crippen LogP contribution in [0.25, 0.3) is 0 Å². The fourth-order valence-corrected chi connectivity index (χ4v) is 4.68. The summed E-state index contributed by atoms with van der Waals surface area (Å²) < 4.78 is 3.43. The van der Waals surface area contributed by atoms with Gasteiger partial charge in [0.2, 0.25) is 0 Å². The van der Waals surface area contributed by atoms with Crippen molar-refractivity contribution in [3.8, 4) is 0 Å². The number of hydrogen-bond donors (Lipinski definition) is 1. The monoisotopic (exact) mass is 325 g/mol. The first-order valence-corrected chi connectivity index (χ1v) is 8.49. The van der Waals surface area contributed by atoms with Crippen molar-refractivity contribution in [1.29, 1.82) is 0 Å². The normalized spacial score (nSPS) is 25.7. The third-order valence-corrected chi connectivity index (χ3v) is 5.54. The van der Waals surface area contributed by atoms with E-state index >= 15 is 0 Å². The van der Waals surface area contributed by atoms with Gasteiger partial charge in [0.1, 0.15) is 0 Å². The smallest absolute Gasteiger partial charge is 0.0800 e. The molecule has 0 spiro atoms. The summed E-state index contributed by atoms with van der Waals surface area (Å²) in [6.45, 7) is 2.27. The van der Waals surface area contributed by atoms with Crippen LogP contribution in [0.15, 0.2) is 4.47 Å². The third-order valence-electron chi connectivity index (χ3n) is 4.73. The lowest BCUT2D eigenvalue weighted by molar-refractivity contribution is 0.431. The summed E-state index contributed by atoms with van der Waals surface area (Å²) in [5, 5.41) is 8.37. The molecule has 1 aromatic rings. The van der Waals surface area contributed by atoms with Crippen LogP contribution in [0.2, 0.25) is 0 Å². The highest BCUT2D eigenvalue weighted by atomic mass is 79.9. The molecule has 1 atom stereocenters. The van der Waals surface area contributed by atoms with Crippen LogP contribution >= 0.6 is 15.9 Å². The lowest BCUT2D eigenvalue weighted by atomic mass is 9.86. The second kappa shape index (κ2) is 5.96. The molecule has 1 aliphatic carbocycles. The molecule has 2 aliphatic rings. The lowest BCUT2D eigenvalue weighted by Gasteiger charge is -2.23. The van der Waals surface area contributed by atoms with Crippen molar-refractivity contribution in [2.45, 2.75) is 56.8 Å². The summed E-state index contributed by atoms with van der Waals surface area (Å²) in [7, 11) is 2.11. The van der Waals surface area contributed by atoms with Gasteiger partial charge >= 0.3 is 0 Å². The molecular weight excluding hydrogens is 302 g/mol. The van der Waals surface area contributed by atoms with Gasteiger partial charge in [0.25, 0.3) is 0 Å². The number of nitrogens with zero attached hydrogens (tertiary/aromatic N) is 2. The number of aryl methyl sites for hydroxylation is 1. The van der Waals surface area contributed by atoms with Crippen LogP contribution in [-0.4, -0.2) is 22.9 Å². The molecule has 0 bridgehead atoms. The number of rotatable bonds is 2. The maximum absolute atomic E-state index is 4.85.